The first-order chi connectivity index (χ1) is 23.5. The van der Waals surface area contributed by atoms with Crippen molar-refractivity contribution in [3.8, 4) is 0 Å². The minimum atomic E-state index is 0.442. The zero-order valence-corrected chi connectivity index (χ0v) is 25.4. The molecule has 0 amide bonds. The van der Waals surface area contributed by atoms with E-state index in [4.69, 9.17) is 0 Å². The van der Waals surface area contributed by atoms with Crippen LogP contribution >= 0.6 is 0 Å². The van der Waals surface area contributed by atoms with Crippen LogP contribution < -0.4 is 0 Å². The highest BCUT2D eigenvalue weighted by atomic mass is 16.1. The summed E-state index contributed by atoms with van der Waals surface area (Å²) < 4.78 is 0. The highest BCUT2D eigenvalue weighted by Gasteiger charge is 2.03. The van der Waals surface area contributed by atoms with Crippen LogP contribution in [0.1, 0.15) is 82.9 Å². The van der Waals surface area contributed by atoms with Crippen molar-refractivity contribution in [2.24, 2.45) is 0 Å². The van der Waals surface area contributed by atoms with Crippen molar-refractivity contribution in [2.45, 2.75) is 0 Å². The summed E-state index contributed by atoms with van der Waals surface area (Å²) in [6.07, 6.45) is 5.50. The molecule has 0 aliphatic rings. The van der Waals surface area contributed by atoms with Gasteiger partial charge in [0.1, 0.15) is 0 Å². The molecule has 0 heterocycles. The number of rotatable bonds is 8. The molecule has 0 fully saturated rings. The average molecular weight is 637 g/mol. The van der Waals surface area contributed by atoms with Gasteiger partial charge in [0, 0.05) is 44.5 Å². The van der Waals surface area contributed by atoms with Crippen LogP contribution in [0.4, 0.5) is 0 Å². The summed E-state index contributed by atoms with van der Waals surface area (Å²) in [6.45, 7) is 0. The lowest BCUT2D eigenvalue weighted by molar-refractivity contribution is 0.109. The fourth-order valence-corrected chi connectivity index (χ4v) is 4.41. The molecule has 0 unspecified atom stereocenters. The van der Waals surface area contributed by atoms with E-state index in [0.29, 0.717) is 94.8 Å². The molecule has 0 spiro atoms. The van der Waals surface area contributed by atoms with Crippen LogP contribution in [0.15, 0.2) is 121 Å². The van der Waals surface area contributed by atoms with Gasteiger partial charge in [-0.25, -0.2) is 0 Å². The predicted molar refractivity (Wildman–Crippen MR) is 184 cm³/mol. The largest absolute Gasteiger partial charge is 0.298 e. The molecule has 0 aliphatic heterocycles. The molecule has 0 radical (unpaired) electrons. The van der Waals surface area contributed by atoms with Gasteiger partial charge in [0.2, 0.25) is 0 Å². The lowest BCUT2D eigenvalue weighted by Gasteiger charge is -2.00. The van der Waals surface area contributed by atoms with E-state index in [1.807, 2.05) is 48.5 Å². The second-order valence-electron chi connectivity index (χ2n) is 9.86. The Kier molecular flexibility index (Phi) is 14.0. The van der Waals surface area contributed by atoms with Crippen molar-refractivity contribution >= 4 is 71.8 Å². The normalized spacial score (nSPS) is 9.50. The van der Waals surface area contributed by atoms with Crippen LogP contribution in [0.25, 0.3) is 21.5 Å². The summed E-state index contributed by atoms with van der Waals surface area (Å²) in [7, 11) is 0. The molecule has 0 saturated heterocycles. The second-order valence-corrected chi connectivity index (χ2v) is 9.86. The zero-order valence-electron chi connectivity index (χ0n) is 25.4. The molecule has 6 rings (SSSR count). The number of hydrogen-bond acceptors (Lipinski definition) is 8. The molecule has 6 aromatic rings. The molecule has 0 saturated carbocycles. The number of fused-ring (bicyclic) bond motifs is 2. The minimum Gasteiger partial charge on any atom is -0.298 e. The van der Waals surface area contributed by atoms with Crippen LogP contribution in [0.5, 0.6) is 0 Å². The quantitative estimate of drug-likeness (QED) is 0.156. The SMILES string of the molecule is O=Cc1cc2ccccc2cc1C=O.O=Cc1cc2ccccc2cc1C=O.O=Cc1ccccc1C=O.O=Cc1ccccc1C=O. The maximum absolute atomic E-state index is 10.7. The summed E-state index contributed by atoms with van der Waals surface area (Å²) >= 11 is 0. The van der Waals surface area contributed by atoms with E-state index in [2.05, 4.69) is 0 Å². The molecule has 8 nitrogen and oxygen atoms in total. The van der Waals surface area contributed by atoms with Crippen LogP contribution in [0.3, 0.4) is 0 Å². The van der Waals surface area contributed by atoms with Gasteiger partial charge in [-0.2, -0.15) is 0 Å². The van der Waals surface area contributed by atoms with E-state index in [9.17, 15) is 38.4 Å². The fourth-order valence-electron chi connectivity index (χ4n) is 4.41. The monoisotopic (exact) mass is 636 g/mol. The molecule has 0 aliphatic carbocycles. The predicted octanol–water partition coefficient (Wildman–Crippen LogP) is 7.55. The number of aldehydes is 8. The first kappa shape index (κ1) is 35.7. The summed E-state index contributed by atoms with van der Waals surface area (Å²) in [5, 5.41) is 3.89. The van der Waals surface area contributed by atoms with Gasteiger partial charge in [0.25, 0.3) is 0 Å². The number of hydrogen-bond donors (Lipinski definition) is 0. The highest BCUT2D eigenvalue weighted by molar-refractivity contribution is 5.99. The molecule has 0 bridgehead atoms. The molecular weight excluding hydrogens is 608 g/mol. The maximum Gasteiger partial charge on any atom is 0.150 e. The van der Waals surface area contributed by atoms with E-state index < -0.39 is 0 Å². The van der Waals surface area contributed by atoms with E-state index in [-0.39, 0.29) is 0 Å². The topological polar surface area (TPSA) is 137 Å². The Morgan fingerprint density at radius 1 is 0.229 bits per heavy atom. The standard InChI is InChI=1S/2C12H8O2.2C8H6O2/c2*13-7-11-5-9-3-1-2-4-10(9)6-12(11)8-14;2*9-5-7-3-1-2-4-8(7)6-10/h2*1-8H;2*1-6H. The first-order valence-corrected chi connectivity index (χ1v) is 14.3. The van der Waals surface area contributed by atoms with Crippen molar-refractivity contribution in [2.75, 3.05) is 0 Å². The van der Waals surface area contributed by atoms with Crippen molar-refractivity contribution < 1.29 is 38.4 Å². The molecule has 0 N–H and O–H groups in total. The number of carbonyl (C=O) groups excluding carboxylic acids is 8. The van der Waals surface area contributed by atoms with Crippen LogP contribution in [0.2, 0.25) is 0 Å². The summed E-state index contributed by atoms with van der Waals surface area (Å²) in [5.74, 6) is 0. The Bertz CT molecular complexity index is 1800. The Hall–Kier alpha value is -6.80. The molecule has 0 aromatic heterocycles. The molecule has 0 atom stereocenters. The van der Waals surface area contributed by atoms with Gasteiger partial charge in [-0.1, -0.05) is 97.1 Å². The third kappa shape index (κ3) is 9.60. The van der Waals surface area contributed by atoms with Crippen molar-refractivity contribution in [1.82, 2.24) is 0 Å². The van der Waals surface area contributed by atoms with E-state index in [1.165, 1.54) is 0 Å². The molecule has 6 aromatic carbocycles. The van der Waals surface area contributed by atoms with Gasteiger partial charge < -0.3 is 0 Å². The van der Waals surface area contributed by atoms with Gasteiger partial charge >= 0.3 is 0 Å². The van der Waals surface area contributed by atoms with Crippen LogP contribution in [-0.4, -0.2) is 50.3 Å². The smallest absolute Gasteiger partial charge is 0.150 e. The third-order valence-corrected chi connectivity index (χ3v) is 6.91. The Morgan fingerprint density at radius 3 is 0.562 bits per heavy atom. The molecule has 48 heavy (non-hydrogen) atoms. The molecule has 8 heteroatoms. The fraction of sp³-hybridized carbons (Fsp3) is 0. The summed E-state index contributed by atoms with van der Waals surface area (Å²) in [4.78, 5) is 83.6. The van der Waals surface area contributed by atoms with Gasteiger partial charge in [-0.05, 0) is 45.8 Å². The molecular formula is C40H28O8. The van der Waals surface area contributed by atoms with Crippen LogP contribution in [0, 0.1) is 0 Å². The lowest BCUT2D eigenvalue weighted by atomic mass is 10.0. The highest BCUT2D eigenvalue weighted by Crippen LogP contribution is 2.19. The minimum absolute atomic E-state index is 0.442. The van der Waals surface area contributed by atoms with E-state index >= 15 is 0 Å². The van der Waals surface area contributed by atoms with Gasteiger partial charge in [-0.3, -0.25) is 38.4 Å². The van der Waals surface area contributed by atoms with Gasteiger partial charge in [0.05, 0.1) is 0 Å². The van der Waals surface area contributed by atoms with E-state index in [0.717, 1.165) is 21.5 Å². The Morgan fingerprint density at radius 2 is 0.396 bits per heavy atom. The average Bonchev–Trinajstić information content (AvgIpc) is 3.17. The maximum atomic E-state index is 10.7. The Balaban J connectivity index is 0.000000176. The van der Waals surface area contributed by atoms with Gasteiger partial charge in [-0.15, -0.1) is 0 Å². The van der Waals surface area contributed by atoms with E-state index in [1.54, 1.807) is 72.8 Å². The number of carbonyl (C=O) groups is 8. The van der Waals surface area contributed by atoms with Gasteiger partial charge in [0.15, 0.2) is 50.3 Å². The first-order valence-electron chi connectivity index (χ1n) is 14.3. The van der Waals surface area contributed by atoms with Crippen molar-refractivity contribution in [3.05, 3.63) is 166 Å². The summed E-state index contributed by atoms with van der Waals surface area (Å²) in [6, 6.07) is 35.5. The van der Waals surface area contributed by atoms with Crippen LogP contribution in [-0.2, 0) is 0 Å². The zero-order chi connectivity index (χ0) is 34.7. The van der Waals surface area contributed by atoms with Crippen molar-refractivity contribution in [1.29, 1.82) is 0 Å². The lowest BCUT2D eigenvalue weighted by Crippen LogP contribution is -1.90. The Labute approximate surface area is 275 Å². The van der Waals surface area contributed by atoms with Crippen molar-refractivity contribution in [3.63, 3.8) is 0 Å². The second kappa shape index (κ2) is 18.9. The summed E-state index contributed by atoms with van der Waals surface area (Å²) in [5.41, 5.74) is 3.54. The third-order valence-electron chi connectivity index (χ3n) is 6.91. The molecule has 236 valence electrons. The number of benzene rings is 6.